The Kier molecular flexibility index (Phi) is 11.4. The molecule has 3 aromatic heterocycles. The van der Waals surface area contributed by atoms with E-state index in [9.17, 15) is 0 Å². The van der Waals surface area contributed by atoms with Gasteiger partial charge >= 0.3 is 126 Å². The van der Waals surface area contributed by atoms with Gasteiger partial charge in [-0.15, -0.1) is 18.2 Å². The van der Waals surface area contributed by atoms with Crippen LogP contribution < -0.4 is 4.40 Å². The van der Waals surface area contributed by atoms with Crippen LogP contribution in [0.15, 0.2) is 95.7 Å². The van der Waals surface area contributed by atoms with Gasteiger partial charge in [0.25, 0.3) is 0 Å². The second-order valence-corrected chi connectivity index (χ2v) is 24.4. The molecule has 1 radical (unpaired) electrons. The van der Waals surface area contributed by atoms with Crippen LogP contribution in [0.25, 0.3) is 44.5 Å². The van der Waals surface area contributed by atoms with Gasteiger partial charge in [-0.3, -0.25) is 0 Å². The summed E-state index contributed by atoms with van der Waals surface area (Å²) in [5.41, 5.74) is 8.78. The molecule has 3 nitrogen and oxygen atoms in total. The van der Waals surface area contributed by atoms with Crippen molar-refractivity contribution in [3.63, 3.8) is 0 Å². The molecule has 5 heteroatoms. The first-order valence-corrected chi connectivity index (χ1v) is 23.9. The number of nitrogens with zero attached hydrogens (tertiary/aromatic N) is 2. The Morgan fingerprint density at radius 3 is 2.35 bits per heavy atom. The second-order valence-electron chi connectivity index (χ2n) is 13.9. The number of furan rings is 1. The summed E-state index contributed by atoms with van der Waals surface area (Å²) in [5, 5.41) is 2.28. The Bertz CT molecular complexity index is 1880. The first-order valence-electron chi connectivity index (χ1n) is 16.5. The molecule has 0 atom stereocenters. The van der Waals surface area contributed by atoms with Gasteiger partial charge in [0.1, 0.15) is 5.58 Å². The third-order valence-corrected chi connectivity index (χ3v) is 13.2. The first-order chi connectivity index (χ1) is 21.8. The Balaban J connectivity index is 0.000000182. The Morgan fingerprint density at radius 1 is 0.826 bits per heavy atom. The van der Waals surface area contributed by atoms with E-state index in [2.05, 4.69) is 96.9 Å². The third-order valence-electron chi connectivity index (χ3n) is 8.87. The molecule has 0 aliphatic heterocycles. The van der Waals surface area contributed by atoms with E-state index in [1.807, 2.05) is 42.6 Å². The molecule has 1 fully saturated rings. The van der Waals surface area contributed by atoms with Crippen molar-refractivity contribution in [3.05, 3.63) is 115 Å². The van der Waals surface area contributed by atoms with E-state index >= 15 is 0 Å². The van der Waals surface area contributed by atoms with Crippen molar-refractivity contribution in [2.24, 2.45) is 5.92 Å². The summed E-state index contributed by atoms with van der Waals surface area (Å²) >= 11 is -1.86. The van der Waals surface area contributed by atoms with Crippen LogP contribution in [0.1, 0.15) is 63.0 Å². The van der Waals surface area contributed by atoms with Crippen LogP contribution in [0.5, 0.6) is 0 Å². The molecule has 0 saturated heterocycles. The van der Waals surface area contributed by atoms with Crippen LogP contribution in [-0.4, -0.2) is 23.2 Å². The molecule has 3 aromatic carbocycles. The summed E-state index contributed by atoms with van der Waals surface area (Å²) in [7, 11) is 0. The normalized spacial score (nSPS) is 13.8. The molecule has 1 saturated carbocycles. The molecule has 0 unspecified atom stereocenters. The SMILES string of the molecule is CC(C)Cc1cc(-c2[c-]cccc2)nc[c]1[Ge]([CH3])([CH3])[CH3].[Ir].[c-]1ccc2c(oc3ccccc32)c1-c1cc(C2CCCCC2)ccn1. The number of rotatable bonds is 6. The zero-order valence-corrected chi connectivity index (χ0v) is 32.2. The summed E-state index contributed by atoms with van der Waals surface area (Å²) in [4.78, 5) is 9.33. The van der Waals surface area contributed by atoms with Gasteiger partial charge < -0.3 is 9.40 Å². The van der Waals surface area contributed by atoms with Crippen molar-refractivity contribution in [1.82, 2.24) is 9.97 Å². The average molecular weight is 846 g/mol. The van der Waals surface area contributed by atoms with Crippen molar-refractivity contribution in [3.8, 4) is 22.5 Å². The standard InChI is InChI=1S/C23H20NO.C18H24GeN.Ir/c1-2-7-16(8-3-1)17-13-14-24-21(15-17)20-11-6-10-19-18-9-4-5-12-22(18)25-23(19)20;1-14(2)11-16-12-18(15-9-7-6-8-10-15)20-13-17(16)19(3,4)5;/h4-6,9-10,12-16H,1-3,7-8H2;6-9,12-14H,11H2,1-5H3;/q2*-1;. The number of aromatic nitrogens is 2. The van der Waals surface area contributed by atoms with Gasteiger partial charge in [-0.2, -0.15) is 0 Å². The zero-order valence-electron chi connectivity index (χ0n) is 27.7. The van der Waals surface area contributed by atoms with Gasteiger partial charge in [0.2, 0.25) is 0 Å². The van der Waals surface area contributed by atoms with Gasteiger partial charge in [0.15, 0.2) is 0 Å². The summed E-state index contributed by atoms with van der Waals surface area (Å²) in [6, 6.07) is 33.7. The van der Waals surface area contributed by atoms with Gasteiger partial charge in [-0.25, -0.2) is 0 Å². The molecule has 0 N–H and O–H groups in total. The molecule has 0 bridgehead atoms. The van der Waals surface area contributed by atoms with Gasteiger partial charge in [-0.05, 0) is 36.6 Å². The fourth-order valence-corrected chi connectivity index (χ4v) is 9.97. The molecule has 1 aliphatic rings. The van der Waals surface area contributed by atoms with Crippen molar-refractivity contribution in [2.75, 3.05) is 0 Å². The number of benzene rings is 3. The molecule has 1 aliphatic carbocycles. The Morgan fingerprint density at radius 2 is 1.61 bits per heavy atom. The van der Waals surface area contributed by atoms with E-state index in [0.717, 1.165) is 50.9 Å². The fourth-order valence-electron chi connectivity index (χ4n) is 6.64. The minimum absolute atomic E-state index is 0. The second kappa shape index (κ2) is 15.2. The number of fused-ring (bicyclic) bond motifs is 3. The quantitative estimate of drug-likeness (QED) is 0.124. The van der Waals surface area contributed by atoms with E-state index in [1.54, 1.807) is 4.40 Å². The van der Waals surface area contributed by atoms with E-state index in [-0.39, 0.29) is 20.1 Å². The van der Waals surface area contributed by atoms with Crippen molar-refractivity contribution >= 4 is 39.6 Å². The van der Waals surface area contributed by atoms with Crippen LogP contribution in [0, 0.1) is 18.1 Å². The molecular formula is C41H44GeIrN2O-2. The number of hydrogen-bond donors (Lipinski definition) is 0. The minimum Gasteiger partial charge on any atom is -0.501 e. The average Bonchev–Trinajstić information content (AvgIpc) is 3.44. The largest absolute Gasteiger partial charge is 0.501 e. The number of pyridine rings is 2. The van der Waals surface area contributed by atoms with E-state index in [4.69, 9.17) is 9.40 Å². The summed E-state index contributed by atoms with van der Waals surface area (Å²) in [6.07, 6.45) is 11.9. The molecule has 0 spiro atoms. The fraction of sp³-hybridized carbons (Fsp3) is 0.317. The van der Waals surface area contributed by atoms with E-state index < -0.39 is 13.3 Å². The predicted octanol–water partition coefficient (Wildman–Crippen LogP) is 10.8. The van der Waals surface area contributed by atoms with Crippen molar-refractivity contribution < 1.29 is 24.5 Å². The van der Waals surface area contributed by atoms with Gasteiger partial charge in [0, 0.05) is 31.7 Å². The maximum Gasteiger partial charge on any atom is 0.120 e. The predicted molar refractivity (Wildman–Crippen MR) is 192 cm³/mol. The maximum absolute atomic E-state index is 6.15. The van der Waals surface area contributed by atoms with Crippen LogP contribution in [0.3, 0.4) is 0 Å². The van der Waals surface area contributed by atoms with Crippen LogP contribution in [0.4, 0.5) is 0 Å². The van der Waals surface area contributed by atoms with Crippen LogP contribution in [0.2, 0.25) is 17.3 Å². The molecule has 7 rings (SSSR count). The van der Waals surface area contributed by atoms with Crippen molar-refractivity contribution in [2.45, 2.75) is 75.6 Å². The van der Waals surface area contributed by atoms with Gasteiger partial charge in [0.05, 0.1) is 5.58 Å². The number of hydrogen-bond acceptors (Lipinski definition) is 3. The molecular weight excluding hydrogens is 801 g/mol. The minimum atomic E-state index is -1.86. The molecule has 6 aromatic rings. The Labute approximate surface area is 291 Å². The van der Waals surface area contributed by atoms with Gasteiger partial charge in [-0.1, -0.05) is 60.0 Å². The molecule has 239 valence electrons. The summed E-state index contributed by atoms with van der Waals surface area (Å²) < 4.78 is 7.69. The third kappa shape index (κ3) is 7.90. The summed E-state index contributed by atoms with van der Waals surface area (Å²) in [6.45, 7) is 4.57. The van der Waals surface area contributed by atoms with E-state index in [1.165, 1.54) is 43.2 Å². The van der Waals surface area contributed by atoms with Crippen LogP contribution in [-0.2, 0) is 26.5 Å². The smallest absolute Gasteiger partial charge is 0.120 e. The monoisotopic (exact) mass is 847 g/mol. The maximum atomic E-state index is 6.15. The number of para-hydroxylation sites is 1. The zero-order chi connectivity index (χ0) is 31.4. The molecule has 0 amide bonds. The topological polar surface area (TPSA) is 38.9 Å². The summed E-state index contributed by atoms with van der Waals surface area (Å²) in [5.74, 6) is 8.67. The van der Waals surface area contributed by atoms with E-state index in [0.29, 0.717) is 11.8 Å². The molecule has 3 heterocycles. The first kappa shape index (κ1) is 34.3. The van der Waals surface area contributed by atoms with Crippen LogP contribution >= 0.6 is 0 Å². The Hall–Kier alpha value is -3.05. The molecule has 46 heavy (non-hydrogen) atoms. The van der Waals surface area contributed by atoms with Crippen molar-refractivity contribution in [1.29, 1.82) is 0 Å².